The van der Waals surface area contributed by atoms with Crippen molar-refractivity contribution in [3.05, 3.63) is 0 Å². The maximum Gasteiger partial charge on any atom is 0.0402 e. The third-order valence-corrected chi connectivity index (χ3v) is 2.90. The van der Waals surface area contributed by atoms with E-state index in [2.05, 4.69) is 19.2 Å². The average Bonchev–Trinajstić information content (AvgIpc) is 2.20. The molecule has 2 unspecified atom stereocenters. The molecule has 14 heavy (non-hydrogen) atoms. The molecule has 0 heterocycles. The van der Waals surface area contributed by atoms with Crippen LogP contribution in [0.1, 0.15) is 52.9 Å². The molecule has 2 heteroatoms. The number of hydrogen-bond acceptors (Lipinski definition) is 2. The quantitative estimate of drug-likeness (QED) is 0.735. The first-order valence-corrected chi connectivity index (χ1v) is 6.14. The third-order valence-electron chi connectivity index (χ3n) is 2.90. The van der Waals surface area contributed by atoms with Crippen LogP contribution in [0, 0.1) is 5.92 Å². The Bertz CT molecular complexity index is 115. The number of aliphatic hydroxyl groups is 1. The number of hydrogen-bond donors (Lipinski definition) is 2. The molecule has 0 aromatic heterocycles. The van der Waals surface area contributed by atoms with E-state index in [1.54, 1.807) is 6.92 Å². The standard InChI is InChI=1S/C10H21N.C2H6O/c1-3-9-7-5-6-8-10(9)11-4-2;1-2-3/h9-11H,3-8H2,1-2H3;3H,2H2,1H3. The predicted octanol–water partition coefficient (Wildman–Crippen LogP) is 2.56. The fourth-order valence-electron chi connectivity index (χ4n) is 2.23. The van der Waals surface area contributed by atoms with Gasteiger partial charge in [-0.2, -0.15) is 0 Å². The van der Waals surface area contributed by atoms with E-state index >= 15 is 0 Å². The van der Waals surface area contributed by atoms with Gasteiger partial charge >= 0.3 is 0 Å². The Balaban J connectivity index is 0.000000500. The highest BCUT2D eigenvalue weighted by Crippen LogP contribution is 2.26. The highest BCUT2D eigenvalue weighted by atomic mass is 16.2. The van der Waals surface area contributed by atoms with Crippen LogP contribution in [-0.4, -0.2) is 24.3 Å². The van der Waals surface area contributed by atoms with Gasteiger partial charge in [0.1, 0.15) is 0 Å². The Morgan fingerprint density at radius 3 is 2.21 bits per heavy atom. The van der Waals surface area contributed by atoms with Crippen molar-refractivity contribution in [3.8, 4) is 0 Å². The summed E-state index contributed by atoms with van der Waals surface area (Å²) in [5, 5.41) is 11.2. The molecular formula is C12H27NO. The molecule has 2 nitrogen and oxygen atoms in total. The van der Waals surface area contributed by atoms with E-state index in [0.717, 1.165) is 18.5 Å². The van der Waals surface area contributed by atoms with Crippen molar-refractivity contribution in [2.45, 2.75) is 58.9 Å². The molecule has 1 saturated carbocycles. The highest BCUT2D eigenvalue weighted by molar-refractivity contribution is 4.79. The second-order valence-corrected chi connectivity index (χ2v) is 3.93. The lowest BCUT2D eigenvalue weighted by Crippen LogP contribution is -2.37. The molecule has 2 N–H and O–H groups in total. The zero-order valence-corrected chi connectivity index (χ0v) is 10.1. The Labute approximate surface area is 89.1 Å². The maximum atomic E-state index is 7.57. The van der Waals surface area contributed by atoms with Gasteiger partial charge in [-0.15, -0.1) is 0 Å². The Kier molecular flexibility index (Phi) is 9.42. The molecule has 1 aliphatic rings. The van der Waals surface area contributed by atoms with Crippen molar-refractivity contribution in [3.63, 3.8) is 0 Å². The van der Waals surface area contributed by atoms with E-state index in [-0.39, 0.29) is 6.61 Å². The lowest BCUT2D eigenvalue weighted by molar-refractivity contribution is 0.259. The average molecular weight is 201 g/mol. The van der Waals surface area contributed by atoms with Crippen molar-refractivity contribution in [1.29, 1.82) is 0 Å². The molecular weight excluding hydrogens is 174 g/mol. The summed E-state index contributed by atoms with van der Waals surface area (Å²) in [4.78, 5) is 0. The van der Waals surface area contributed by atoms with Crippen molar-refractivity contribution >= 4 is 0 Å². The van der Waals surface area contributed by atoms with Gasteiger partial charge in [-0.05, 0) is 32.2 Å². The van der Waals surface area contributed by atoms with Crippen LogP contribution in [0.25, 0.3) is 0 Å². The smallest absolute Gasteiger partial charge is 0.0402 e. The minimum Gasteiger partial charge on any atom is -0.397 e. The third kappa shape index (κ3) is 5.61. The summed E-state index contributed by atoms with van der Waals surface area (Å²) in [6.45, 7) is 7.60. The van der Waals surface area contributed by atoms with Crippen LogP contribution in [-0.2, 0) is 0 Å². The van der Waals surface area contributed by atoms with Gasteiger partial charge in [-0.3, -0.25) is 0 Å². The van der Waals surface area contributed by atoms with E-state index in [1.165, 1.54) is 32.1 Å². The van der Waals surface area contributed by atoms with E-state index in [0.29, 0.717) is 0 Å². The van der Waals surface area contributed by atoms with Gasteiger partial charge in [0.2, 0.25) is 0 Å². The molecule has 0 aliphatic heterocycles. The lowest BCUT2D eigenvalue weighted by atomic mass is 9.83. The second-order valence-electron chi connectivity index (χ2n) is 3.93. The van der Waals surface area contributed by atoms with E-state index in [1.807, 2.05) is 0 Å². The summed E-state index contributed by atoms with van der Waals surface area (Å²) in [6, 6.07) is 0.832. The largest absolute Gasteiger partial charge is 0.397 e. The summed E-state index contributed by atoms with van der Waals surface area (Å²) < 4.78 is 0. The number of aliphatic hydroxyl groups excluding tert-OH is 1. The molecule has 0 saturated heterocycles. The first-order chi connectivity index (χ1) is 6.79. The summed E-state index contributed by atoms with van der Waals surface area (Å²) in [5.74, 6) is 0.962. The Morgan fingerprint density at radius 1 is 1.14 bits per heavy atom. The van der Waals surface area contributed by atoms with Gasteiger partial charge in [0.25, 0.3) is 0 Å². The highest BCUT2D eigenvalue weighted by Gasteiger charge is 2.21. The van der Waals surface area contributed by atoms with Gasteiger partial charge in [0, 0.05) is 12.6 Å². The monoisotopic (exact) mass is 201 g/mol. The molecule has 2 atom stereocenters. The van der Waals surface area contributed by atoms with E-state index < -0.39 is 0 Å². The predicted molar refractivity (Wildman–Crippen MR) is 62.5 cm³/mol. The van der Waals surface area contributed by atoms with Crippen LogP contribution >= 0.6 is 0 Å². The van der Waals surface area contributed by atoms with Gasteiger partial charge in [-0.1, -0.05) is 33.1 Å². The van der Waals surface area contributed by atoms with Crippen molar-refractivity contribution in [2.75, 3.05) is 13.2 Å². The summed E-state index contributed by atoms with van der Waals surface area (Å²) in [6.07, 6.45) is 7.12. The summed E-state index contributed by atoms with van der Waals surface area (Å²) in [5.41, 5.74) is 0. The molecule has 0 aromatic carbocycles. The first kappa shape index (κ1) is 13.9. The van der Waals surface area contributed by atoms with Gasteiger partial charge in [0.15, 0.2) is 0 Å². The normalized spacial score (nSPS) is 26.6. The fraction of sp³-hybridized carbons (Fsp3) is 1.00. The van der Waals surface area contributed by atoms with Crippen LogP contribution in [0.2, 0.25) is 0 Å². The Hall–Kier alpha value is -0.0800. The Morgan fingerprint density at radius 2 is 1.71 bits per heavy atom. The minimum absolute atomic E-state index is 0.250. The molecule has 1 aliphatic carbocycles. The van der Waals surface area contributed by atoms with Gasteiger partial charge < -0.3 is 10.4 Å². The molecule has 0 amide bonds. The van der Waals surface area contributed by atoms with E-state index in [4.69, 9.17) is 5.11 Å². The van der Waals surface area contributed by atoms with Gasteiger partial charge in [-0.25, -0.2) is 0 Å². The maximum absolute atomic E-state index is 7.57. The summed E-state index contributed by atoms with van der Waals surface area (Å²) >= 11 is 0. The zero-order valence-electron chi connectivity index (χ0n) is 10.1. The van der Waals surface area contributed by atoms with Crippen LogP contribution in [0.4, 0.5) is 0 Å². The molecule has 0 radical (unpaired) electrons. The molecule has 1 rings (SSSR count). The lowest BCUT2D eigenvalue weighted by Gasteiger charge is -2.31. The fourth-order valence-corrected chi connectivity index (χ4v) is 2.23. The SMILES string of the molecule is CCNC1CCCCC1CC.CCO. The number of rotatable bonds is 3. The van der Waals surface area contributed by atoms with E-state index in [9.17, 15) is 0 Å². The summed E-state index contributed by atoms with van der Waals surface area (Å²) in [7, 11) is 0. The molecule has 86 valence electrons. The second kappa shape index (κ2) is 9.47. The van der Waals surface area contributed by atoms with Gasteiger partial charge in [0.05, 0.1) is 0 Å². The molecule has 0 spiro atoms. The first-order valence-electron chi connectivity index (χ1n) is 6.14. The van der Waals surface area contributed by atoms with Crippen molar-refractivity contribution in [2.24, 2.45) is 5.92 Å². The molecule has 0 aromatic rings. The van der Waals surface area contributed by atoms with Crippen LogP contribution < -0.4 is 5.32 Å². The van der Waals surface area contributed by atoms with Crippen molar-refractivity contribution < 1.29 is 5.11 Å². The van der Waals surface area contributed by atoms with Crippen LogP contribution in [0.15, 0.2) is 0 Å². The zero-order chi connectivity index (χ0) is 10.8. The minimum atomic E-state index is 0.250. The van der Waals surface area contributed by atoms with Crippen LogP contribution in [0.3, 0.4) is 0 Å². The van der Waals surface area contributed by atoms with Crippen molar-refractivity contribution in [1.82, 2.24) is 5.32 Å². The number of nitrogens with one attached hydrogen (secondary N) is 1. The molecule has 0 bridgehead atoms. The van der Waals surface area contributed by atoms with Crippen LogP contribution in [0.5, 0.6) is 0 Å². The molecule has 1 fully saturated rings. The topological polar surface area (TPSA) is 32.3 Å².